The number of benzene rings is 1. The predicted molar refractivity (Wildman–Crippen MR) is 86.8 cm³/mol. The lowest BCUT2D eigenvalue weighted by atomic mass is 10.0. The predicted octanol–water partition coefficient (Wildman–Crippen LogP) is 3.12. The standard InChI is InChI=1S/C17H26N2O2/c1-12(2)15(11-19(3)4)18-10-14-9-13-7-6-8-16(20-5)17(13)21-14/h6-9,12,15,18H,10-11H2,1-5H3. The molecule has 4 heteroatoms. The van der Waals surface area contributed by atoms with Crippen molar-refractivity contribution >= 4 is 11.0 Å². The van der Waals surface area contributed by atoms with Crippen LogP contribution in [0.1, 0.15) is 19.6 Å². The summed E-state index contributed by atoms with van der Waals surface area (Å²) in [6, 6.07) is 8.47. The van der Waals surface area contributed by atoms with E-state index >= 15 is 0 Å². The van der Waals surface area contributed by atoms with E-state index in [9.17, 15) is 0 Å². The third kappa shape index (κ3) is 3.99. The van der Waals surface area contributed by atoms with Crippen LogP contribution >= 0.6 is 0 Å². The summed E-state index contributed by atoms with van der Waals surface area (Å²) in [5.41, 5.74) is 0.825. The number of methoxy groups -OCH3 is 1. The fourth-order valence-corrected chi connectivity index (χ4v) is 2.47. The van der Waals surface area contributed by atoms with E-state index in [4.69, 9.17) is 9.15 Å². The monoisotopic (exact) mass is 290 g/mol. The molecule has 1 heterocycles. The number of para-hydroxylation sites is 1. The van der Waals surface area contributed by atoms with Crippen molar-refractivity contribution in [1.82, 2.24) is 10.2 Å². The molecule has 116 valence electrons. The van der Waals surface area contributed by atoms with E-state index in [1.807, 2.05) is 18.2 Å². The van der Waals surface area contributed by atoms with Crippen LogP contribution in [0.2, 0.25) is 0 Å². The molecule has 1 aromatic heterocycles. The second-order valence-electron chi connectivity index (χ2n) is 6.08. The van der Waals surface area contributed by atoms with Crippen molar-refractivity contribution < 1.29 is 9.15 Å². The van der Waals surface area contributed by atoms with Crippen LogP contribution in [-0.2, 0) is 6.54 Å². The van der Waals surface area contributed by atoms with Crippen molar-refractivity contribution in [3.05, 3.63) is 30.0 Å². The quantitative estimate of drug-likeness (QED) is 0.850. The van der Waals surface area contributed by atoms with Crippen molar-refractivity contribution in [1.29, 1.82) is 0 Å². The van der Waals surface area contributed by atoms with E-state index in [2.05, 4.69) is 44.2 Å². The highest BCUT2D eigenvalue weighted by Gasteiger charge is 2.15. The van der Waals surface area contributed by atoms with E-state index in [-0.39, 0.29) is 0 Å². The summed E-state index contributed by atoms with van der Waals surface area (Å²) >= 11 is 0. The van der Waals surface area contributed by atoms with Gasteiger partial charge in [-0.25, -0.2) is 0 Å². The molecule has 0 fully saturated rings. The Hall–Kier alpha value is -1.52. The van der Waals surface area contributed by atoms with Crippen molar-refractivity contribution in [2.45, 2.75) is 26.4 Å². The van der Waals surface area contributed by atoms with Crippen LogP contribution in [0.4, 0.5) is 0 Å². The molecule has 4 nitrogen and oxygen atoms in total. The lowest BCUT2D eigenvalue weighted by molar-refractivity contribution is 0.282. The van der Waals surface area contributed by atoms with Gasteiger partial charge in [0.15, 0.2) is 11.3 Å². The maximum Gasteiger partial charge on any atom is 0.176 e. The highest BCUT2D eigenvalue weighted by Crippen LogP contribution is 2.28. The second kappa shape index (κ2) is 6.96. The fourth-order valence-electron chi connectivity index (χ4n) is 2.47. The number of nitrogens with zero attached hydrogens (tertiary/aromatic N) is 1. The minimum atomic E-state index is 0.440. The number of rotatable bonds is 7. The van der Waals surface area contributed by atoms with Gasteiger partial charge < -0.3 is 19.4 Å². The topological polar surface area (TPSA) is 37.6 Å². The maximum absolute atomic E-state index is 5.92. The lowest BCUT2D eigenvalue weighted by Gasteiger charge is -2.25. The van der Waals surface area contributed by atoms with Crippen LogP contribution in [0.25, 0.3) is 11.0 Å². The first kappa shape index (κ1) is 15.9. The van der Waals surface area contributed by atoms with Gasteiger partial charge in [0.25, 0.3) is 0 Å². The Morgan fingerprint density at radius 2 is 2.05 bits per heavy atom. The summed E-state index contributed by atoms with van der Waals surface area (Å²) in [7, 11) is 5.87. The van der Waals surface area contributed by atoms with Crippen LogP contribution in [0.15, 0.2) is 28.7 Å². The molecule has 0 spiro atoms. The minimum absolute atomic E-state index is 0.440. The van der Waals surface area contributed by atoms with Crippen LogP contribution < -0.4 is 10.1 Å². The van der Waals surface area contributed by atoms with Gasteiger partial charge in [0, 0.05) is 18.0 Å². The number of furan rings is 1. The summed E-state index contributed by atoms with van der Waals surface area (Å²) in [6.07, 6.45) is 0. The van der Waals surface area contributed by atoms with Gasteiger partial charge >= 0.3 is 0 Å². The molecule has 0 aliphatic heterocycles. The summed E-state index contributed by atoms with van der Waals surface area (Å²) in [5.74, 6) is 2.30. The average molecular weight is 290 g/mol. The molecular formula is C17H26N2O2. The molecule has 0 aliphatic carbocycles. The highest BCUT2D eigenvalue weighted by molar-refractivity contribution is 5.83. The maximum atomic E-state index is 5.92. The van der Waals surface area contributed by atoms with Gasteiger partial charge in [0.2, 0.25) is 0 Å². The molecule has 2 rings (SSSR count). The Morgan fingerprint density at radius 3 is 2.67 bits per heavy atom. The largest absolute Gasteiger partial charge is 0.493 e. The zero-order chi connectivity index (χ0) is 15.4. The molecule has 1 unspecified atom stereocenters. The Bertz CT molecular complexity index is 575. The van der Waals surface area contributed by atoms with Crippen LogP contribution in [-0.4, -0.2) is 38.7 Å². The normalized spacial score (nSPS) is 13.3. The third-order valence-corrected chi connectivity index (χ3v) is 3.68. The Balaban J connectivity index is 2.09. The van der Waals surface area contributed by atoms with Crippen molar-refractivity contribution in [2.75, 3.05) is 27.7 Å². The second-order valence-corrected chi connectivity index (χ2v) is 6.08. The molecule has 0 aliphatic rings. The van der Waals surface area contributed by atoms with Crippen LogP contribution in [0, 0.1) is 5.92 Å². The summed E-state index contributed by atoms with van der Waals surface area (Å²) in [5, 5.41) is 4.67. The van der Waals surface area contributed by atoms with Gasteiger partial charge in [0.05, 0.1) is 13.7 Å². The summed E-state index contributed by atoms with van der Waals surface area (Å²) in [6.45, 7) is 6.22. The van der Waals surface area contributed by atoms with Gasteiger partial charge in [0.1, 0.15) is 5.76 Å². The number of ether oxygens (including phenoxy) is 1. The van der Waals surface area contributed by atoms with Gasteiger partial charge in [-0.3, -0.25) is 0 Å². The molecule has 0 bridgehead atoms. The molecule has 0 radical (unpaired) electrons. The van der Waals surface area contributed by atoms with Gasteiger partial charge in [-0.2, -0.15) is 0 Å². The molecule has 0 saturated carbocycles. The molecule has 1 N–H and O–H groups in total. The number of fused-ring (bicyclic) bond motifs is 1. The summed E-state index contributed by atoms with van der Waals surface area (Å²) in [4.78, 5) is 2.21. The first-order valence-electron chi connectivity index (χ1n) is 7.44. The zero-order valence-corrected chi connectivity index (χ0v) is 13.6. The Kier molecular flexibility index (Phi) is 5.26. The van der Waals surface area contributed by atoms with E-state index in [1.54, 1.807) is 7.11 Å². The molecule has 1 aromatic carbocycles. The van der Waals surface area contributed by atoms with E-state index in [0.717, 1.165) is 35.6 Å². The molecule has 1 atom stereocenters. The first-order chi connectivity index (χ1) is 10.0. The number of likely N-dealkylation sites (N-methyl/N-ethyl adjacent to an activating group) is 1. The fraction of sp³-hybridized carbons (Fsp3) is 0.529. The molecule has 21 heavy (non-hydrogen) atoms. The third-order valence-electron chi connectivity index (χ3n) is 3.68. The van der Waals surface area contributed by atoms with Crippen LogP contribution in [0.5, 0.6) is 5.75 Å². The number of hydrogen-bond donors (Lipinski definition) is 1. The van der Waals surface area contributed by atoms with Crippen molar-refractivity contribution in [3.8, 4) is 5.75 Å². The molecule has 0 saturated heterocycles. The number of nitrogens with one attached hydrogen (secondary N) is 1. The van der Waals surface area contributed by atoms with E-state index < -0.39 is 0 Å². The minimum Gasteiger partial charge on any atom is -0.493 e. The summed E-state index contributed by atoms with van der Waals surface area (Å²) < 4.78 is 11.3. The van der Waals surface area contributed by atoms with Gasteiger partial charge in [-0.15, -0.1) is 0 Å². The van der Waals surface area contributed by atoms with Gasteiger partial charge in [-0.1, -0.05) is 26.0 Å². The smallest absolute Gasteiger partial charge is 0.176 e. The average Bonchev–Trinajstić information content (AvgIpc) is 2.85. The van der Waals surface area contributed by atoms with Gasteiger partial charge in [-0.05, 0) is 32.1 Å². The van der Waals surface area contributed by atoms with Crippen molar-refractivity contribution in [3.63, 3.8) is 0 Å². The molecular weight excluding hydrogens is 264 g/mol. The van der Waals surface area contributed by atoms with Crippen LogP contribution in [0.3, 0.4) is 0 Å². The SMILES string of the molecule is COc1cccc2cc(CNC(CN(C)C)C(C)C)oc12. The molecule has 0 amide bonds. The number of hydrogen-bond acceptors (Lipinski definition) is 4. The zero-order valence-electron chi connectivity index (χ0n) is 13.6. The Labute approximate surface area is 127 Å². The van der Waals surface area contributed by atoms with E-state index in [0.29, 0.717) is 12.0 Å². The Morgan fingerprint density at radius 1 is 1.29 bits per heavy atom. The first-order valence-corrected chi connectivity index (χ1v) is 7.44. The highest BCUT2D eigenvalue weighted by atomic mass is 16.5. The van der Waals surface area contributed by atoms with Crippen molar-refractivity contribution in [2.24, 2.45) is 5.92 Å². The lowest BCUT2D eigenvalue weighted by Crippen LogP contribution is -2.41. The van der Waals surface area contributed by atoms with E-state index in [1.165, 1.54) is 0 Å². The molecule has 2 aromatic rings.